The number of alkyl halides is 4. The van der Waals surface area contributed by atoms with Crippen LogP contribution in [0.5, 0.6) is 11.8 Å². The molecule has 0 spiro atoms. The van der Waals surface area contributed by atoms with E-state index in [9.17, 15) is 57.9 Å². The maximum atomic E-state index is 14.0. The Bertz CT molecular complexity index is 2100. The first-order valence-corrected chi connectivity index (χ1v) is 17.1. The minimum Gasteiger partial charge on any atom is -0.417 e. The second kappa shape index (κ2) is 19.9. The number of urea groups is 1. The van der Waals surface area contributed by atoms with Crippen molar-refractivity contribution in [1.29, 1.82) is 0 Å². The molecule has 0 saturated heterocycles. The number of benzene rings is 2. The molecule has 308 valence electrons. The molecule has 24 heteroatoms. The highest BCUT2D eigenvalue weighted by Gasteiger charge is 2.32. The predicted octanol–water partition coefficient (Wildman–Crippen LogP) is 4.33. The summed E-state index contributed by atoms with van der Waals surface area (Å²) in [6, 6.07) is 3.18. The number of rotatable bonds is 16. The third-order valence-corrected chi connectivity index (χ3v) is 8.50. The zero-order valence-corrected chi connectivity index (χ0v) is 31.0. The van der Waals surface area contributed by atoms with Gasteiger partial charge in [-0.2, -0.15) is 44.2 Å². The number of likely N-dealkylation sites (N-methyl/N-ethyl adjacent to an activating group) is 2. The molecule has 2 aromatic carbocycles. The molecular weight excluding hydrogens is 823 g/mol. The number of halogens is 8. The van der Waals surface area contributed by atoms with Gasteiger partial charge in [-0.25, -0.2) is 37.0 Å². The predicted molar refractivity (Wildman–Crippen MR) is 190 cm³/mol. The van der Waals surface area contributed by atoms with Gasteiger partial charge in [0.05, 0.1) is 23.8 Å². The van der Waals surface area contributed by atoms with Crippen molar-refractivity contribution in [1.82, 2.24) is 24.7 Å². The van der Waals surface area contributed by atoms with Crippen molar-refractivity contribution in [2.24, 2.45) is 0 Å². The van der Waals surface area contributed by atoms with Crippen molar-refractivity contribution in [3.8, 4) is 11.8 Å². The summed E-state index contributed by atoms with van der Waals surface area (Å²) in [7, 11) is -2.87. The summed E-state index contributed by atoms with van der Waals surface area (Å²) in [5, 5.41) is 2.07. The van der Waals surface area contributed by atoms with E-state index in [-0.39, 0.29) is 36.0 Å². The van der Waals surface area contributed by atoms with Gasteiger partial charge in [-0.3, -0.25) is 9.59 Å². The lowest BCUT2D eigenvalue weighted by Gasteiger charge is -2.26. The van der Waals surface area contributed by atoms with Crippen molar-refractivity contribution in [2.45, 2.75) is 38.1 Å². The van der Waals surface area contributed by atoms with Crippen molar-refractivity contribution in [3.05, 3.63) is 107 Å². The van der Waals surface area contributed by atoms with Crippen LogP contribution in [0.15, 0.2) is 73.1 Å². The molecule has 4 aromatic rings. The highest BCUT2D eigenvalue weighted by Crippen LogP contribution is 2.21. The van der Waals surface area contributed by atoms with Gasteiger partial charge in [0.15, 0.2) is 0 Å². The SMILES string of the molecule is CN(C(=O)[C@H](Cc1cc(F)cc(F)c1)NC(=O)NS(=O)(=O)N[C@@H](Cc1cc(F)cc(F)c1)C(=O)N(C)c1ccc(OC(F)F)nc1)c1ccc(OC(F)F)nc1.S. The minimum atomic E-state index is -5.14. The number of ether oxygens (including phenoxy) is 2. The highest BCUT2D eigenvalue weighted by molar-refractivity contribution is 7.88. The first-order valence-electron chi connectivity index (χ1n) is 15.7. The summed E-state index contributed by atoms with van der Waals surface area (Å²) in [5.74, 6) is -7.43. The number of anilines is 2. The molecule has 57 heavy (non-hydrogen) atoms. The second-order valence-corrected chi connectivity index (χ2v) is 13.0. The summed E-state index contributed by atoms with van der Waals surface area (Å²) in [4.78, 5) is 49.2. The van der Waals surface area contributed by atoms with Gasteiger partial charge in [0.1, 0.15) is 35.4 Å². The zero-order chi connectivity index (χ0) is 41.3. The molecule has 2 atom stereocenters. The number of hydrogen-bond acceptors (Lipinski definition) is 9. The molecule has 4 amide bonds. The van der Waals surface area contributed by atoms with Crippen molar-refractivity contribution >= 4 is 52.9 Å². The summed E-state index contributed by atoms with van der Waals surface area (Å²) in [5.41, 5.74) is -0.523. The number of pyridine rings is 2. The van der Waals surface area contributed by atoms with E-state index in [1.54, 1.807) is 0 Å². The molecule has 4 rings (SSSR count). The van der Waals surface area contributed by atoms with Crippen LogP contribution in [0.1, 0.15) is 11.1 Å². The van der Waals surface area contributed by atoms with Gasteiger partial charge < -0.3 is 24.6 Å². The second-order valence-electron chi connectivity index (χ2n) is 11.5. The molecule has 0 bridgehead atoms. The molecule has 0 aliphatic heterocycles. The van der Waals surface area contributed by atoms with Gasteiger partial charge in [-0.05, 0) is 53.9 Å². The quantitative estimate of drug-likeness (QED) is 0.139. The number of carbonyl (C=O) groups excluding carboxylic acids is 3. The fourth-order valence-electron chi connectivity index (χ4n) is 5.02. The summed E-state index contributed by atoms with van der Waals surface area (Å²) in [6.45, 7) is -6.42. The van der Waals surface area contributed by atoms with E-state index < -0.39 is 101 Å². The van der Waals surface area contributed by atoms with E-state index in [1.165, 1.54) is 4.72 Å². The molecule has 2 aromatic heterocycles. The van der Waals surface area contributed by atoms with Gasteiger partial charge in [-0.15, -0.1) is 0 Å². The molecule has 0 radical (unpaired) electrons. The Hall–Kier alpha value is -5.75. The Kier molecular flexibility index (Phi) is 15.9. The molecule has 0 unspecified atom stereocenters. The van der Waals surface area contributed by atoms with E-state index in [2.05, 4.69) is 24.8 Å². The zero-order valence-electron chi connectivity index (χ0n) is 29.2. The van der Waals surface area contributed by atoms with Crippen LogP contribution in [0.3, 0.4) is 0 Å². The Morgan fingerprint density at radius 3 is 1.42 bits per heavy atom. The molecule has 0 saturated carbocycles. The fraction of sp³-hybridized carbons (Fsp3) is 0.242. The van der Waals surface area contributed by atoms with Crippen molar-refractivity contribution in [2.75, 3.05) is 23.9 Å². The Morgan fingerprint density at radius 2 is 1.05 bits per heavy atom. The molecule has 14 nitrogen and oxygen atoms in total. The van der Waals surface area contributed by atoms with Crippen LogP contribution >= 0.6 is 13.5 Å². The lowest BCUT2D eigenvalue weighted by molar-refractivity contribution is -0.120. The van der Waals surface area contributed by atoms with E-state index in [0.717, 1.165) is 84.8 Å². The van der Waals surface area contributed by atoms with Crippen LogP contribution in [0.4, 0.5) is 51.3 Å². The van der Waals surface area contributed by atoms with Gasteiger partial charge in [-0.1, -0.05) is 0 Å². The third kappa shape index (κ3) is 13.7. The normalized spacial score (nSPS) is 12.3. The molecule has 2 heterocycles. The number of aromatic nitrogens is 2. The number of carbonyl (C=O) groups is 3. The fourth-order valence-corrected chi connectivity index (χ4v) is 5.94. The largest absolute Gasteiger partial charge is 0.417 e. The van der Waals surface area contributed by atoms with Crippen molar-refractivity contribution in [3.63, 3.8) is 0 Å². The standard InChI is InChI=1S/C33H29F8N7O7S.H2S/c1-47(23-3-5-27(42-15-23)54-31(38)39)29(49)25(11-17-7-19(34)13-20(35)8-17)44-33(51)46-56(52,53)45-26(12-18-9-21(36)14-22(37)10-18)30(50)48(2)24-4-6-28(43-16-24)55-32(40)41;/h3-10,13-16,25-26,31-32,45H,11-12H2,1-2H3,(H2,44,46,51);1H2/t25-,26-;/m0./s1. The maximum Gasteiger partial charge on any atom is 0.388 e. The summed E-state index contributed by atoms with van der Waals surface area (Å²) >= 11 is 0. The average Bonchev–Trinajstić information content (AvgIpc) is 3.08. The van der Waals surface area contributed by atoms with Crippen LogP contribution in [-0.2, 0) is 32.6 Å². The highest BCUT2D eigenvalue weighted by atomic mass is 32.2. The lowest BCUT2D eigenvalue weighted by Crippen LogP contribution is -2.57. The Morgan fingerprint density at radius 1 is 0.667 bits per heavy atom. The lowest BCUT2D eigenvalue weighted by atomic mass is 10.0. The smallest absolute Gasteiger partial charge is 0.388 e. The van der Waals surface area contributed by atoms with Crippen molar-refractivity contribution < 1.29 is 67.4 Å². The van der Waals surface area contributed by atoms with Crippen LogP contribution in [0.2, 0.25) is 0 Å². The van der Waals surface area contributed by atoms with Crippen LogP contribution in [-0.4, -0.2) is 75.6 Å². The molecular formula is C33H31F8N7O7S2. The van der Waals surface area contributed by atoms with Crippen LogP contribution in [0, 0.1) is 23.3 Å². The van der Waals surface area contributed by atoms with Crippen LogP contribution in [0.25, 0.3) is 0 Å². The van der Waals surface area contributed by atoms with Gasteiger partial charge in [0.2, 0.25) is 23.6 Å². The van der Waals surface area contributed by atoms with Gasteiger partial charge >= 0.3 is 29.5 Å². The monoisotopic (exact) mass is 853 g/mol. The number of hydrogen-bond donors (Lipinski definition) is 3. The number of nitrogens with zero attached hydrogens (tertiary/aromatic N) is 4. The van der Waals surface area contributed by atoms with Crippen LogP contribution < -0.4 is 34.0 Å². The van der Waals surface area contributed by atoms with E-state index >= 15 is 0 Å². The first-order chi connectivity index (χ1) is 26.3. The summed E-state index contributed by atoms with van der Waals surface area (Å²) < 4.78 is 145. The topological polar surface area (TPSA) is 172 Å². The van der Waals surface area contributed by atoms with Gasteiger partial charge in [0.25, 0.3) is 0 Å². The molecule has 0 aliphatic rings. The third-order valence-electron chi connectivity index (χ3n) is 7.45. The van der Waals surface area contributed by atoms with E-state index in [0.29, 0.717) is 12.1 Å². The van der Waals surface area contributed by atoms with Gasteiger partial charge in [0, 0.05) is 44.8 Å². The maximum absolute atomic E-state index is 14.0. The number of nitrogens with one attached hydrogen (secondary N) is 3. The first kappa shape index (κ1) is 45.6. The Labute approximate surface area is 325 Å². The molecule has 0 fully saturated rings. The average molecular weight is 854 g/mol. The van der Waals surface area contributed by atoms with E-state index in [1.807, 2.05) is 4.72 Å². The summed E-state index contributed by atoms with van der Waals surface area (Å²) in [6.07, 6.45) is 0.524. The number of amides is 4. The molecule has 0 aliphatic carbocycles. The Balaban J connectivity index is 0.00000870. The van der Waals surface area contributed by atoms with E-state index in [4.69, 9.17) is 0 Å². The molecule has 3 N–H and O–H groups in total. The minimum absolute atomic E-state index is 0.